The number of carbonyl (C=O) groups excluding carboxylic acids is 1. The number of nitrogens with zero attached hydrogens (tertiary/aromatic N) is 2. The Morgan fingerprint density at radius 2 is 2.11 bits per heavy atom. The third kappa shape index (κ3) is 5.01. The number of nitrogens with one attached hydrogen (secondary N) is 1. The molecular weight excluding hydrogens is 406 g/mol. The summed E-state index contributed by atoms with van der Waals surface area (Å²) in [5, 5.41) is 11.5. The van der Waals surface area contributed by atoms with Crippen LogP contribution in [0.15, 0.2) is 30.3 Å². The van der Waals surface area contributed by atoms with E-state index in [0.29, 0.717) is 0 Å². The Morgan fingerprint density at radius 1 is 1.39 bits per heavy atom. The van der Waals surface area contributed by atoms with Crippen LogP contribution in [0.5, 0.6) is 5.75 Å². The van der Waals surface area contributed by atoms with Gasteiger partial charge in [0.05, 0.1) is 12.2 Å². The lowest BCUT2D eigenvalue weighted by Crippen LogP contribution is -2.33. The Labute approximate surface area is 161 Å². The molecule has 0 saturated heterocycles. The fourth-order valence-corrected chi connectivity index (χ4v) is 2.19. The van der Waals surface area contributed by atoms with Gasteiger partial charge >= 0.3 is 18.5 Å². The minimum atomic E-state index is -4.68. The van der Waals surface area contributed by atoms with Gasteiger partial charge in [0.15, 0.2) is 0 Å². The van der Waals surface area contributed by atoms with Gasteiger partial charge in [0.2, 0.25) is 0 Å². The van der Waals surface area contributed by atoms with Gasteiger partial charge in [0, 0.05) is 11.8 Å². The molecule has 0 fully saturated rings. The van der Waals surface area contributed by atoms with Crippen LogP contribution in [0.1, 0.15) is 22.8 Å². The summed E-state index contributed by atoms with van der Waals surface area (Å²) >= 11 is 5.87. The van der Waals surface area contributed by atoms with Gasteiger partial charge in [0.1, 0.15) is 28.4 Å². The summed E-state index contributed by atoms with van der Waals surface area (Å²) in [4.78, 5) is 16.0. The first-order valence-electron chi connectivity index (χ1n) is 7.67. The zero-order chi connectivity index (χ0) is 20.9. The number of esters is 1. The molecule has 0 bridgehead atoms. The van der Waals surface area contributed by atoms with E-state index < -0.39 is 24.3 Å². The third-order valence-corrected chi connectivity index (χ3v) is 3.48. The van der Waals surface area contributed by atoms with E-state index in [1.165, 1.54) is 12.1 Å². The number of alkyl halides is 4. The maximum Gasteiger partial charge on any atom is 0.461 e. The van der Waals surface area contributed by atoms with Crippen molar-refractivity contribution >= 4 is 29.1 Å². The first-order valence-corrected chi connectivity index (χ1v) is 8.05. The molecule has 0 aliphatic rings. The van der Waals surface area contributed by atoms with Gasteiger partial charge < -0.3 is 14.8 Å². The number of rotatable bonds is 7. The van der Waals surface area contributed by atoms with Crippen LogP contribution in [0.2, 0.25) is 5.15 Å². The number of hydrogen-bond donors (Lipinski definition) is 1. The number of pyridine rings is 1. The van der Waals surface area contributed by atoms with Crippen LogP contribution in [0.4, 0.5) is 29.1 Å². The van der Waals surface area contributed by atoms with E-state index >= 15 is 0 Å². The highest BCUT2D eigenvalue weighted by Crippen LogP contribution is 2.31. The van der Waals surface area contributed by atoms with Gasteiger partial charge in [-0.1, -0.05) is 17.7 Å². The van der Waals surface area contributed by atoms with Crippen LogP contribution in [0, 0.1) is 11.3 Å². The van der Waals surface area contributed by atoms with Crippen LogP contribution in [0.3, 0.4) is 0 Å². The predicted octanol–water partition coefficient (Wildman–Crippen LogP) is 4.76. The van der Waals surface area contributed by atoms with Gasteiger partial charge in [-0.3, -0.25) is 0 Å². The monoisotopic (exact) mass is 417 g/mol. The number of carbonyl (C=O) groups is 1. The van der Waals surface area contributed by atoms with E-state index in [1.807, 2.05) is 0 Å². The van der Waals surface area contributed by atoms with Crippen LogP contribution in [-0.2, 0) is 4.74 Å². The van der Waals surface area contributed by atoms with E-state index in [1.54, 1.807) is 13.0 Å². The fraction of sp³-hybridized carbons (Fsp3) is 0.235. The molecule has 28 heavy (non-hydrogen) atoms. The Balaban J connectivity index is 2.37. The molecular formula is C17H12ClF4N3O3. The number of benzene rings is 1. The molecule has 0 amide bonds. The summed E-state index contributed by atoms with van der Waals surface area (Å²) in [5.74, 6) is -1.48. The number of anilines is 2. The molecule has 148 valence electrons. The average Bonchev–Trinajstić information content (AvgIpc) is 2.62. The third-order valence-electron chi connectivity index (χ3n) is 3.20. The minimum Gasteiger partial charge on any atom is -0.462 e. The van der Waals surface area contributed by atoms with Crippen molar-refractivity contribution in [2.75, 3.05) is 11.9 Å². The maximum atomic E-state index is 13.1. The second-order valence-corrected chi connectivity index (χ2v) is 5.53. The summed E-state index contributed by atoms with van der Waals surface area (Å²) in [6, 6.07) is 7.61. The van der Waals surface area contributed by atoms with Crippen LogP contribution in [0.25, 0.3) is 0 Å². The number of aromatic nitrogens is 1. The topological polar surface area (TPSA) is 84.2 Å². The molecule has 11 heteroatoms. The number of nitriles is 1. The Kier molecular flexibility index (Phi) is 6.64. The lowest BCUT2D eigenvalue weighted by Gasteiger charge is -2.17. The lowest BCUT2D eigenvalue weighted by atomic mass is 10.2. The molecule has 0 saturated carbocycles. The molecule has 0 spiro atoms. The van der Waals surface area contributed by atoms with Gasteiger partial charge in [-0.05, 0) is 25.1 Å². The summed E-state index contributed by atoms with van der Waals surface area (Å²) in [5.41, 5.74) is -0.127. The summed E-state index contributed by atoms with van der Waals surface area (Å²) in [7, 11) is 0. The molecule has 0 aliphatic carbocycles. The molecule has 0 aliphatic heterocycles. The zero-order valence-electron chi connectivity index (χ0n) is 14.2. The number of halogens is 5. The molecule has 1 aromatic carbocycles. The summed E-state index contributed by atoms with van der Waals surface area (Å²) in [6.45, 7) is 1.62. The smallest absolute Gasteiger partial charge is 0.461 e. The van der Waals surface area contributed by atoms with Gasteiger partial charge in [0.25, 0.3) is 0 Å². The van der Waals surface area contributed by atoms with Crippen LogP contribution >= 0.6 is 11.6 Å². The Bertz CT molecular complexity index is 919. The van der Waals surface area contributed by atoms with Crippen molar-refractivity contribution in [3.05, 3.63) is 46.6 Å². The van der Waals surface area contributed by atoms with Crippen molar-refractivity contribution < 1.29 is 31.8 Å². The standard InChI is InChI=1S/C17H12ClF4N3O3/c1-2-27-15(26)12-6-9(8-23)13(18)25-14(12)24-10-4-3-5-11(7-10)28-17(21,22)16(19)20/h3-7,16H,2H2,1H3,(H,24,25). The lowest BCUT2D eigenvalue weighted by molar-refractivity contribution is -0.253. The van der Waals surface area contributed by atoms with E-state index in [9.17, 15) is 22.4 Å². The number of hydrogen-bond acceptors (Lipinski definition) is 6. The molecule has 6 nitrogen and oxygen atoms in total. The van der Waals surface area contributed by atoms with Crippen molar-refractivity contribution in [2.45, 2.75) is 19.5 Å². The first-order chi connectivity index (χ1) is 13.2. The van der Waals surface area contributed by atoms with E-state index in [2.05, 4.69) is 15.0 Å². The van der Waals surface area contributed by atoms with Crippen molar-refractivity contribution in [3.8, 4) is 11.8 Å². The second kappa shape index (κ2) is 8.75. The van der Waals surface area contributed by atoms with Gasteiger partial charge in [-0.15, -0.1) is 0 Å². The van der Waals surface area contributed by atoms with Crippen molar-refractivity contribution in [1.29, 1.82) is 5.26 Å². The quantitative estimate of drug-likeness (QED) is 0.397. The minimum absolute atomic E-state index is 0.0504. The molecule has 2 rings (SSSR count). The Hall–Kier alpha value is -3.06. The Morgan fingerprint density at radius 3 is 2.71 bits per heavy atom. The van der Waals surface area contributed by atoms with E-state index in [4.69, 9.17) is 21.6 Å². The van der Waals surface area contributed by atoms with E-state index in [0.717, 1.165) is 18.2 Å². The highest BCUT2D eigenvalue weighted by molar-refractivity contribution is 6.30. The van der Waals surface area contributed by atoms with Crippen molar-refractivity contribution in [2.24, 2.45) is 0 Å². The van der Waals surface area contributed by atoms with Crippen LogP contribution < -0.4 is 10.1 Å². The van der Waals surface area contributed by atoms with Crippen molar-refractivity contribution in [3.63, 3.8) is 0 Å². The molecule has 0 unspecified atom stereocenters. The molecule has 2 aromatic rings. The molecule has 1 aromatic heterocycles. The fourth-order valence-electron chi connectivity index (χ4n) is 2.00. The van der Waals surface area contributed by atoms with Crippen LogP contribution in [-0.4, -0.2) is 30.1 Å². The van der Waals surface area contributed by atoms with E-state index in [-0.39, 0.29) is 34.4 Å². The zero-order valence-corrected chi connectivity index (χ0v) is 14.9. The number of ether oxygens (including phenoxy) is 2. The largest absolute Gasteiger partial charge is 0.462 e. The molecule has 1 heterocycles. The predicted molar refractivity (Wildman–Crippen MR) is 91.2 cm³/mol. The first kappa shape index (κ1) is 21.2. The maximum absolute atomic E-state index is 13.1. The summed E-state index contributed by atoms with van der Waals surface area (Å²) < 4.78 is 59.6. The second-order valence-electron chi connectivity index (χ2n) is 5.17. The highest BCUT2D eigenvalue weighted by atomic mass is 35.5. The molecule has 1 N–H and O–H groups in total. The van der Waals surface area contributed by atoms with Crippen molar-refractivity contribution in [1.82, 2.24) is 4.98 Å². The highest BCUT2D eigenvalue weighted by Gasteiger charge is 2.44. The van der Waals surface area contributed by atoms with Gasteiger partial charge in [-0.2, -0.15) is 22.8 Å². The average molecular weight is 418 g/mol. The molecule has 0 radical (unpaired) electrons. The molecule has 0 atom stereocenters. The normalized spacial score (nSPS) is 11.1. The summed E-state index contributed by atoms with van der Waals surface area (Å²) in [6.07, 6.45) is -8.69. The van der Waals surface area contributed by atoms with Gasteiger partial charge in [-0.25, -0.2) is 9.78 Å². The SMILES string of the molecule is CCOC(=O)c1cc(C#N)c(Cl)nc1Nc1cccc(OC(F)(F)C(F)F)c1.